The number of pyridine rings is 4. The molecular weight excluding hydrogens is 1070 g/mol. The minimum absolute atomic E-state index is 0.121. The van der Waals surface area contributed by atoms with Crippen LogP contribution in [-0.4, -0.2) is 41.7 Å². The third kappa shape index (κ3) is 11.0. The summed E-state index contributed by atoms with van der Waals surface area (Å²) >= 11 is 9.29. The Morgan fingerprint density at radius 1 is 0.606 bits per heavy atom. The van der Waals surface area contributed by atoms with Crippen molar-refractivity contribution in [2.24, 2.45) is 11.5 Å². The Kier molecular flexibility index (Phi) is 14.9. The molecule has 0 radical (unpaired) electrons. The molecule has 0 bridgehead atoms. The Bertz CT molecular complexity index is 3370. The summed E-state index contributed by atoms with van der Waals surface area (Å²) < 4.78 is 3.37. The number of fused-ring (bicyclic) bond motifs is 4. The lowest BCUT2D eigenvalue weighted by molar-refractivity contribution is 0.0944. The maximum absolute atomic E-state index is 13.2. The molecule has 8 N–H and O–H groups in total. The molecule has 0 unspecified atom stereocenters. The first-order valence-corrected chi connectivity index (χ1v) is 23.5. The third-order valence-corrected chi connectivity index (χ3v) is 12.6. The van der Waals surface area contributed by atoms with Gasteiger partial charge in [0, 0.05) is 107 Å². The number of rotatable bonds is 9. The zero-order chi connectivity index (χ0) is 46.2. The fourth-order valence-corrected chi connectivity index (χ4v) is 8.78. The predicted octanol–water partition coefficient (Wildman–Crippen LogP) is 10.8. The van der Waals surface area contributed by atoms with Gasteiger partial charge >= 0.3 is 0 Å². The van der Waals surface area contributed by atoms with Crippen LogP contribution in [-0.2, 0) is 26.2 Å². The van der Waals surface area contributed by atoms with Crippen LogP contribution >= 0.6 is 54.5 Å². The van der Waals surface area contributed by atoms with Gasteiger partial charge in [-0.2, -0.15) is 0 Å². The first kappa shape index (κ1) is 46.2. The number of aromatic amines is 2. The predicted molar refractivity (Wildman–Crippen MR) is 279 cm³/mol. The Hall–Kier alpha value is -6.37. The van der Waals surface area contributed by atoms with Crippen molar-refractivity contribution in [2.75, 3.05) is 0 Å². The van der Waals surface area contributed by atoms with Gasteiger partial charge in [-0.1, -0.05) is 80.4 Å². The summed E-state index contributed by atoms with van der Waals surface area (Å²) in [5.41, 5.74) is 22.7. The lowest BCUT2D eigenvalue weighted by Gasteiger charge is -2.11. The van der Waals surface area contributed by atoms with E-state index in [9.17, 15) is 9.59 Å². The molecule has 0 aliphatic heterocycles. The molecule has 0 fully saturated rings. The zero-order valence-corrected chi connectivity index (χ0v) is 40.9. The summed E-state index contributed by atoms with van der Waals surface area (Å²) in [6.45, 7) is 3.70. The van der Waals surface area contributed by atoms with Gasteiger partial charge in [0.05, 0.1) is 40.2 Å². The molecule has 330 valence electrons. The van der Waals surface area contributed by atoms with Gasteiger partial charge in [-0.15, -0.1) is 0 Å². The summed E-state index contributed by atoms with van der Waals surface area (Å²) in [7, 11) is 0. The van der Waals surface area contributed by atoms with Gasteiger partial charge < -0.3 is 32.1 Å². The molecular formula is C51H43Br2IN10O2. The maximum atomic E-state index is 13.2. The van der Waals surface area contributed by atoms with Gasteiger partial charge in [0.15, 0.2) is 0 Å². The second kappa shape index (κ2) is 21.3. The van der Waals surface area contributed by atoms with E-state index in [1.54, 1.807) is 30.9 Å². The molecule has 12 nitrogen and oxygen atoms in total. The van der Waals surface area contributed by atoms with Crippen molar-refractivity contribution in [2.45, 2.75) is 33.1 Å². The summed E-state index contributed by atoms with van der Waals surface area (Å²) in [5, 5.41) is 9.86. The number of nitrogens with one attached hydrogen (secondary N) is 4. The molecule has 4 aromatic carbocycles. The molecule has 6 aromatic heterocycles. The molecule has 2 amide bonds. The topological polar surface area (TPSA) is 193 Å². The Morgan fingerprint density at radius 2 is 1.12 bits per heavy atom. The SMILES string of the molecule is Brc1ccc2[nH]cc(I)c2c1.Cc1cc(C(=O)NCc2cccc(CN)c2)c2ccncc2n1.NCc1cccc(CNC(=O)c2cc(-c3c[nH]c4ccc(Br)cc34)nc3cnccc23)c1. The summed E-state index contributed by atoms with van der Waals surface area (Å²) in [6.07, 6.45) is 10.6. The Labute approximate surface area is 410 Å². The summed E-state index contributed by atoms with van der Waals surface area (Å²) in [5.74, 6) is -0.283. The highest BCUT2D eigenvalue weighted by Crippen LogP contribution is 2.32. The smallest absolute Gasteiger partial charge is 0.252 e. The van der Waals surface area contributed by atoms with Crippen LogP contribution in [0.25, 0.3) is 54.9 Å². The number of amides is 2. The number of carbonyl (C=O) groups is 2. The van der Waals surface area contributed by atoms with Gasteiger partial charge in [-0.3, -0.25) is 24.5 Å². The third-order valence-electron chi connectivity index (χ3n) is 10.7. The number of nitrogens with two attached hydrogens (primary N) is 2. The average molecular weight is 1110 g/mol. The molecule has 0 saturated carbocycles. The average Bonchev–Trinajstić information content (AvgIpc) is 3.94. The highest BCUT2D eigenvalue weighted by Gasteiger charge is 2.17. The van der Waals surface area contributed by atoms with E-state index in [0.717, 1.165) is 69.6 Å². The first-order chi connectivity index (χ1) is 32.1. The van der Waals surface area contributed by atoms with Crippen LogP contribution < -0.4 is 22.1 Å². The normalized spacial score (nSPS) is 10.9. The van der Waals surface area contributed by atoms with Crippen molar-refractivity contribution >= 4 is 110 Å². The van der Waals surface area contributed by atoms with Crippen molar-refractivity contribution in [1.29, 1.82) is 0 Å². The van der Waals surface area contributed by atoms with E-state index in [-0.39, 0.29) is 11.8 Å². The monoisotopic (exact) mass is 1110 g/mol. The van der Waals surface area contributed by atoms with Gasteiger partial charge in [0.1, 0.15) is 0 Å². The van der Waals surface area contributed by atoms with Crippen LogP contribution in [0.4, 0.5) is 0 Å². The second-order valence-electron chi connectivity index (χ2n) is 15.3. The van der Waals surface area contributed by atoms with Gasteiger partial charge in [0.25, 0.3) is 11.8 Å². The second-order valence-corrected chi connectivity index (χ2v) is 18.3. The van der Waals surface area contributed by atoms with Crippen molar-refractivity contribution in [3.63, 3.8) is 0 Å². The number of aryl methyl sites for hydroxylation is 1. The number of nitrogens with zero attached hydrogens (tertiary/aromatic N) is 4. The molecule has 10 rings (SSSR count). The maximum Gasteiger partial charge on any atom is 0.252 e. The molecule has 0 aliphatic carbocycles. The van der Waals surface area contributed by atoms with Crippen LogP contribution in [0.15, 0.2) is 155 Å². The van der Waals surface area contributed by atoms with E-state index in [0.29, 0.717) is 48.5 Å². The van der Waals surface area contributed by atoms with E-state index >= 15 is 0 Å². The first-order valence-electron chi connectivity index (χ1n) is 20.8. The number of H-pyrrole nitrogens is 2. The van der Waals surface area contributed by atoms with E-state index in [4.69, 9.17) is 16.5 Å². The van der Waals surface area contributed by atoms with Crippen LogP contribution in [0.2, 0.25) is 0 Å². The lowest BCUT2D eigenvalue weighted by Crippen LogP contribution is -2.23. The minimum atomic E-state index is -0.163. The van der Waals surface area contributed by atoms with Gasteiger partial charge in [0.2, 0.25) is 0 Å². The number of aromatic nitrogens is 6. The molecule has 66 heavy (non-hydrogen) atoms. The molecule has 0 saturated heterocycles. The fourth-order valence-electron chi connectivity index (χ4n) is 7.46. The number of carbonyl (C=O) groups excluding carboxylic acids is 2. The van der Waals surface area contributed by atoms with Gasteiger partial charge in [-0.05, 0) is 112 Å². The van der Waals surface area contributed by atoms with Crippen LogP contribution in [0, 0.1) is 10.5 Å². The van der Waals surface area contributed by atoms with Crippen molar-refractivity contribution < 1.29 is 9.59 Å². The van der Waals surface area contributed by atoms with E-state index in [1.807, 2.05) is 110 Å². The van der Waals surface area contributed by atoms with Crippen LogP contribution in [0.3, 0.4) is 0 Å². The lowest BCUT2D eigenvalue weighted by atomic mass is 10.0. The van der Waals surface area contributed by atoms with Crippen molar-refractivity contribution in [3.8, 4) is 11.3 Å². The van der Waals surface area contributed by atoms with Gasteiger partial charge in [-0.25, -0.2) is 4.98 Å². The molecule has 6 heterocycles. The van der Waals surface area contributed by atoms with E-state index in [2.05, 4.69) is 102 Å². The number of hydrogen-bond acceptors (Lipinski definition) is 8. The number of hydrogen-bond donors (Lipinski definition) is 6. The van der Waals surface area contributed by atoms with Crippen molar-refractivity contribution in [1.82, 2.24) is 40.5 Å². The van der Waals surface area contributed by atoms with Crippen LogP contribution in [0.1, 0.15) is 48.7 Å². The molecule has 10 aromatic rings. The standard InChI is InChI=1S/C25H20BrN5O.C18H18N4O.C8H5BrIN/c26-17-4-5-22-19(9-17)21(13-29-22)23-10-20(18-6-7-28-14-24(18)31-23)25(32)30-12-16-3-1-2-15(8-16)11-27;1-12-7-16(15-5-6-20-11-17(15)22-12)18(23)21-10-14-4-2-3-13(8-14)9-19;9-5-1-2-8-6(3-5)7(10)4-11-8/h1-10,13-14,29H,11-12,27H2,(H,30,32);2-8,11H,9-10,19H2,1H3,(H,21,23);1-4,11H. The zero-order valence-electron chi connectivity index (χ0n) is 35.6. The Morgan fingerprint density at radius 3 is 1.71 bits per heavy atom. The van der Waals surface area contributed by atoms with E-state index in [1.165, 1.54) is 14.5 Å². The van der Waals surface area contributed by atoms with E-state index < -0.39 is 0 Å². The largest absolute Gasteiger partial charge is 0.360 e. The highest BCUT2D eigenvalue weighted by atomic mass is 127. The highest BCUT2D eigenvalue weighted by molar-refractivity contribution is 14.1. The molecule has 0 aliphatic rings. The quantitative estimate of drug-likeness (QED) is 0.0769. The fraction of sp³-hybridized carbons (Fsp3) is 0.0980. The number of benzene rings is 4. The Balaban J connectivity index is 0.000000151. The molecule has 0 spiro atoms. The molecule has 15 heteroatoms. The summed E-state index contributed by atoms with van der Waals surface area (Å²) in [4.78, 5) is 49.7. The van der Waals surface area contributed by atoms with Crippen molar-refractivity contribution in [3.05, 3.63) is 198 Å². The summed E-state index contributed by atoms with van der Waals surface area (Å²) in [6, 6.07) is 35.3. The molecule has 0 atom stereocenters. The minimum Gasteiger partial charge on any atom is -0.360 e. The number of halogens is 3. The van der Waals surface area contributed by atoms with Crippen LogP contribution in [0.5, 0.6) is 0 Å².